The summed E-state index contributed by atoms with van der Waals surface area (Å²) >= 11 is 0. The van der Waals surface area contributed by atoms with Crippen LogP contribution in [0.3, 0.4) is 0 Å². The highest BCUT2D eigenvalue weighted by molar-refractivity contribution is 4.76. The van der Waals surface area contributed by atoms with Gasteiger partial charge >= 0.3 is 0 Å². The molecule has 0 unspecified atom stereocenters. The van der Waals surface area contributed by atoms with Gasteiger partial charge in [0.1, 0.15) is 0 Å². The molecular weight excluding hydrogens is 202 g/mol. The fraction of sp³-hybridized carbons (Fsp3) is 1.00. The Balaban J connectivity index is 1.72. The van der Waals surface area contributed by atoms with Gasteiger partial charge in [0.15, 0.2) is 0 Å². The molecule has 0 aromatic heterocycles. The van der Waals surface area contributed by atoms with E-state index >= 15 is 0 Å². The molecule has 0 aliphatic heterocycles. The maximum atomic E-state index is 11.9. The minimum absolute atomic E-state index is 0.123. The highest BCUT2D eigenvalue weighted by Gasteiger charge is 2.22. The van der Waals surface area contributed by atoms with E-state index in [-0.39, 0.29) is 12.1 Å². The van der Waals surface area contributed by atoms with E-state index in [0.29, 0.717) is 0 Å². The molecule has 0 spiro atoms. The molecule has 0 atom stereocenters. The van der Waals surface area contributed by atoms with E-state index in [4.69, 9.17) is 4.84 Å². The average Bonchev–Trinajstić information content (AvgIpc) is 2.31. The molecule has 0 aromatic rings. The van der Waals surface area contributed by atoms with Gasteiger partial charge in [-0.15, -0.1) is 0 Å². The van der Waals surface area contributed by atoms with E-state index < -0.39 is 0 Å². The summed E-state index contributed by atoms with van der Waals surface area (Å²) in [6.45, 7) is 2.27. The predicted molar refractivity (Wildman–Crippen MR) is 64.6 cm³/mol. The Bertz CT molecular complexity index is 196. The SMILES string of the molecule is CC1CCC(N([O-])OC2CCCCC2)CC1. The summed E-state index contributed by atoms with van der Waals surface area (Å²) in [6, 6.07) is 0.123. The molecule has 0 heterocycles. The highest BCUT2D eigenvalue weighted by atomic mass is 16.9. The molecule has 2 saturated carbocycles. The molecule has 0 radical (unpaired) electrons. The van der Waals surface area contributed by atoms with Gasteiger partial charge in [0, 0.05) is 6.04 Å². The Hall–Kier alpha value is -0.120. The van der Waals surface area contributed by atoms with E-state index in [2.05, 4.69) is 6.92 Å². The van der Waals surface area contributed by atoms with Crippen LogP contribution >= 0.6 is 0 Å². The quantitative estimate of drug-likeness (QED) is 0.689. The van der Waals surface area contributed by atoms with E-state index in [1.807, 2.05) is 0 Å². The van der Waals surface area contributed by atoms with Crippen LogP contribution in [-0.2, 0) is 4.84 Å². The monoisotopic (exact) mass is 226 g/mol. The van der Waals surface area contributed by atoms with Gasteiger partial charge in [0.05, 0.1) is 6.10 Å². The Labute approximate surface area is 98.7 Å². The number of hydroxylamine groups is 2. The summed E-state index contributed by atoms with van der Waals surface area (Å²) in [4.78, 5) is 5.54. The van der Waals surface area contributed by atoms with Crippen LogP contribution in [0.2, 0.25) is 0 Å². The van der Waals surface area contributed by atoms with Crippen molar-refractivity contribution in [2.75, 3.05) is 0 Å². The van der Waals surface area contributed by atoms with Gasteiger partial charge in [-0.25, -0.2) is 0 Å². The second-order valence-corrected chi connectivity index (χ2v) is 5.56. The van der Waals surface area contributed by atoms with Crippen molar-refractivity contribution in [2.24, 2.45) is 5.92 Å². The van der Waals surface area contributed by atoms with Crippen LogP contribution in [0.25, 0.3) is 0 Å². The molecule has 0 saturated heterocycles. The van der Waals surface area contributed by atoms with Crippen molar-refractivity contribution in [3.05, 3.63) is 5.21 Å². The number of rotatable bonds is 3. The molecule has 94 valence electrons. The third kappa shape index (κ3) is 3.44. The van der Waals surface area contributed by atoms with Gasteiger partial charge in [-0.3, -0.25) is 5.23 Å². The van der Waals surface area contributed by atoms with Crippen molar-refractivity contribution < 1.29 is 4.84 Å². The summed E-state index contributed by atoms with van der Waals surface area (Å²) in [5.41, 5.74) is 0. The molecule has 3 heteroatoms. The first-order valence-corrected chi connectivity index (χ1v) is 6.89. The Morgan fingerprint density at radius 1 is 0.938 bits per heavy atom. The molecule has 0 N–H and O–H groups in total. The van der Waals surface area contributed by atoms with Gasteiger partial charge in [0.2, 0.25) is 0 Å². The van der Waals surface area contributed by atoms with Crippen molar-refractivity contribution in [3.8, 4) is 0 Å². The molecule has 2 aliphatic rings. The van der Waals surface area contributed by atoms with Crippen molar-refractivity contribution in [3.63, 3.8) is 0 Å². The van der Waals surface area contributed by atoms with Crippen molar-refractivity contribution in [2.45, 2.75) is 76.9 Å². The topological polar surface area (TPSA) is 35.5 Å². The van der Waals surface area contributed by atoms with E-state index in [1.54, 1.807) is 0 Å². The Morgan fingerprint density at radius 3 is 2.19 bits per heavy atom. The van der Waals surface area contributed by atoms with Crippen LogP contribution in [0.15, 0.2) is 0 Å². The molecule has 0 bridgehead atoms. The smallest absolute Gasteiger partial charge is 0.0781 e. The van der Waals surface area contributed by atoms with Crippen LogP contribution in [0.4, 0.5) is 0 Å². The minimum atomic E-state index is 0.123. The molecule has 16 heavy (non-hydrogen) atoms. The third-order valence-electron chi connectivity index (χ3n) is 4.09. The van der Waals surface area contributed by atoms with Crippen LogP contribution in [0.5, 0.6) is 0 Å². The molecule has 0 aromatic carbocycles. The summed E-state index contributed by atoms with van der Waals surface area (Å²) in [5, 5.41) is 12.8. The number of nitrogens with zero attached hydrogens (tertiary/aromatic N) is 1. The van der Waals surface area contributed by atoms with Gasteiger partial charge in [-0.05, 0) is 44.4 Å². The fourth-order valence-electron chi connectivity index (χ4n) is 2.86. The lowest BCUT2D eigenvalue weighted by Crippen LogP contribution is -2.37. The van der Waals surface area contributed by atoms with Crippen molar-refractivity contribution >= 4 is 0 Å². The lowest BCUT2D eigenvalue weighted by molar-refractivity contribution is -0.201. The van der Waals surface area contributed by atoms with Crippen LogP contribution in [-0.4, -0.2) is 17.4 Å². The van der Waals surface area contributed by atoms with E-state index in [0.717, 1.165) is 36.8 Å². The lowest BCUT2D eigenvalue weighted by Gasteiger charge is -2.42. The summed E-state index contributed by atoms with van der Waals surface area (Å²) in [7, 11) is 0. The molecule has 2 fully saturated rings. The van der Waals surface area contributed by atoms with Crippen LogP contribution in [0, 0.1) is 11.1 Å². The van der Waals surface area contributed by atoms with Gasteiger partial charge < -0.3 is 10.0 Å². The van der Waals surface area contributed by atoms with E-state index in [9.17, 15) is 5.21 Å². The maximum Gasteiger partial charge on any atom is 0.0781 e. The zero-order valence-corrected chi connectivity index (χ0v) is 10.4. The minimum Gasteiger partial charge on any atom is -0.762 e. The first-order valence-electron chi connectivity index (χ1n) is 6.89. The molecule has 0 amide bonds. The normalized spacial score (nSPS) is 33.2. The van der Waals surface area contributed by atoms with Crippen molar-refractivity contribution in [1.82, 2.24) is 5.23 Å². The van der Waals surface area contributed by atoms with Crippen LogP contribution < -0.4 is 0 Å². The summed E-state index contributed by atoms with van der Waals surface area (Å²) < 4.78 is 0. The number of hydrogen-bond acceptors (Lipinski definition) is 3. The van der Waals surface area contributed by atoms with E-state index in [1.165, 1.54) is 32.1 Å². The second kappa shape index (κ2) is 5.99. The fourth-order valence-corrected chi connectivity index (χ4v) is 2.86. The standard InChI is InChI=1S/C13H24NO2/c1-11-7-9-12(10-8-11)14(15)16-13-5-3-2-4-6-13/h11-13H,2-10H2,1H3/q-1. The van der Waals surface area contributed by atoms with Gasteiger partial charge in [0.25, 0.3) is 0 Å². The Kier molecular flexibility index (Phi) is 4.62. The maximum absolute atomic E-state index is 11.9. The lowest BCUT2D eigenvalue weighted by atomic mass is 9.88. The first-order chi connectivity index (χ1) is 7.75. The van der Waals surface area contributed by atoms with Crippen molar-refractivity contribution in [1.29, 1.82) is 0 Å². The molecule has 3 nitrogen and oxygen atoms in total. The van der Waals surface area contributed by atoms with Crippen LogP contribution in [0.1, 0.15) is 64.7 Å². The molecule has 2 aliphatic carbocycles. The zero-order chi connectivity index (χ0) is 11.4. The summed E-state index contributed by atoms with van der Waals surface area (Å²) in [6.07, 6.45) is 10.5. The highest BCUT2D eigenvalue weighted by Crippen LogP contribution is 2.28. The summed E-state index contributed by atoms with van der Waals surface area (Å²) in [5.74, 6) is 0.791. The average molecular weight is 226 g/mol. The number of hydrogen-bond donors (Lipinski definition) is 0. The van der Waals surface area contributed by atoms with Gasteiger partial charge in [-0.2, -0.15) is 0 Å². The predicted octanol–water partition coefficient (Wildman–Crippen LogP) is 3.63. The molecule has 2 rings (SSSR count). The Morgan fingerprint density at radius 2 is 1.56 bits per heavy atom. The third-order valence-corrected chi connectivity index (χ3v) is 4.09. The molecular formula is C13H24NO2-. The van der Waals surface area contributed by atoms with Gasteiger partial charge in [-0.1, -0.05) is 26.2 Å². The second-order valence-electron chi connectivity index (χ2n) is 5.56. The zero-order valence-electron chi connectivity index (χ0n) is 10.4. The largest absolute Gasteiger partial charge is 0.762 e. The first kappa shape index (κ1) is 12.3.